The van der Waals surface area contributed by atoms with Crippen LogP contribution in [0.25, 0.3) is 0 Å². The summed E-state index contributed by atoms with van der Waals surface area (Å²) < 4.78 is 61.2. The molecule has 3 aromatic rings. The minimum absolute atomic E-state index is 0.168. The number of carbonyl (C=O) groups is 1. The van der Waals surface area contributed by atoms with Gasteiger partial charge in [0.2, 0.25) is 5.88 Å². The zero-order chi connectivity index (χ0) is 27.5. The molecule has 0 radical (unpaired) electrons. The van der Waals surface area contributed by atoms with Gasteiger partial charge in [0, 0.05) is 18.2 Å². The van der Waals surface area contributed by atoms with Gasteiger partial charge < -0.3 is 24.3 Å². The van der Waals surface area contributed by atoms with Crippen LogP contribution in [0.5, 0.6) is 28.9 Å². The van der Waals surface area contributed by atoms with Crippen molar-refractivity contribution in [2.45, 2.75) is 45.1 Å². The number of pyridine rings is 1. The van der Waals surface area contributed by atoms with Crippen LogP contribution in [0.3, 0.4) is 0 Å². The number of hydrogen-bond donors (Lipinski definition) is 1. The Bertz CT molecular complexity index is 1300. The molecule has 38 heavy (non-hydrogen) atoms. The predicted molar refractivity (Wildman–Crippen MR) is 134 cm³/mol. The quantitative estimate of drug-likeness (QED) is 0.319. The molecular weight excluding hydrogens is 525 g/mol. The third kappa shape index (κ3) is 6.80. The molecule has 1 aliphatic heterocycles. The topological polar surface area (TPSA) is 78.9 Å². The van der Waals surface area contributed by atoms with Gasteiger partial charge in [-0.15, -0.1) is 0 Å². The van der Waals surface area contributed by atoms with Crippen LogP contribution >= 0.6 is 11.6 Å². The standard InChI is InChI=1S/C27H26ClF3N2O5/c1-16(24(34)32-11-12-35-22-6-4-5-17-14-26(2,3)38-23(17)22)36-19-7-9-20(10-8-19)37-25-21(28)13-18(15-33-25)27(29,30)31/h4-10,13,15-16H,11-12,14H2,1-3H3,(H,32,34)/t16-/m1/s1. The van der Waals surface area contributed by atoms with E-state index in [0.717, 1.165) is 23.8 Å². The number of para-hydroxylation sites is 1. The van der Waals surface area contributed by atoms with Gasteiger partial charge in [0.15, 0.2) is 17.6 Å². The number of ether oxygens (including phenoxy) is 4. The lowest BCUT2D eigenvalue weighted by molar-refractivity contribution is -0.137. The van der Waals surface area contributed by atoms with Gasteiger partial charge in [-0.05, 0) is 57.2 Å². The second kappa shape index (κ2) is 11.0. The van der Waals surface area contributed by atoms with Crippen molar-refractivity contribution in [3.05, 3.63) is 70.9 Å². The lowest BCUT2D eigenvalue weighted by Crippen LogP contribution is -2.38. The van der Waals surface area contributed by atoms with E-state index < -0.39 is 17.8 Å². The molecule has 1 aromatic heterocycles. The van der Waals surface area contributed by atoms with Crippen LogP contribution in [0.1, 0.15) is 31.9 Å². The van der Waals surface area contributed by atoms with E-state index >= 15 is 0 Å². The van der Waals surface area contributed by atoms with Gasteiger partial charge in [-0.25, -0.2) is 4.98 Å². The molecular formula is C27H26ClF3N2O5. The minimum atomic E-state index is -4.56. The van der Waals surface area contributed by atoms with Gasteiger partial charge in [0.25, 0.3) is 5.91 Å². The van der Waals surface area contributed by atoms with Gasteiger partial charge in [0.05, 0.1) is 12.1 Å². The Morgan fingerprint density at radius 1 is 1.18 bits per heavy atom. The van der Waals surface area contributed by atoms with Crippen molar-refractivity contribution >= 4 is 17.5 Å². The molecule has 11 heteroatoms. The number of fused-ring (bicyclic) bond motifs is 1. The van der Waals surface area contributed by atoms with Crippen LogP contribution in [-0.2, 0) is 17.4 Å². The highest BCUT2D eigenvalue weighted by Gasteiger charge is 2.33. The van der Waals surface area contributed by atoms with E-state index in [1.54, 1.807) is 19.1 Å². The molecule has 0 saturated carbocycles. The van der Waals surface area contributed by atoms with Gasteiger partial charge in [0.1, 0.15) is 28.7 Å². The zero-order valence-corrected chi connectivity index (χ0v) is 21.7. The molecule has 1 amide bonds. The van der Waals surface area contributed by atoms with E-state index in [0.29, 0.717) is 17.7 Å². The molecule has 202 valence electrons. The molecule has 0 unspecified atom stereocenters. The lowest BCUT2D eigenvalue weighted by Gasteiger charge is -2.18. The molecule has 4 rings (SSSR count). The van der Waals surface area contributed by atoms with E-state index in [9.17, 15) is 18.0 Å². The van der Waals surface area contributed by atoms with Crippen LogP contribution in [-0.4, -0.2) is 35.7 Å². The highest BCUT2D eigenvalue weighted by molar-refractivity contribution is 6.31. The summed E-state index contributed by atoms with van der Waals surface area (Å²) in [7, 11) is 0. The third-order valence-electron chi connectivity index (χ3n) is 5.57. The van der Waals surface area contributed by atoms with Crippen LogP contribution in [0, 0.1) is 0 Å². The number of nitrogens with zero attached hydrogens (tertiary/aromatic N) is 1. The Morgan fingerprint density at radius 3 is 2.58 bits per heavy atom. The van der Waals surface area contributed by atoms with Crippen molar-refractivity contribution in [1.82, 2.24) is 10.3 Å². The normalized spacial score (nSPS) is 14.7. The molecule has 0 bridgehead atoms. The molecule has 0 spiro atoms. The van der Waals surface area contributed by atoms with Crippen molar-refractivity contribution < 1.29 is 36.9 Å². The minimum Gasteiger partial charge on any atom is -0.488 e. The summed E-state index contributed by atoms with van der Waals surface area (Å²) in [5, 5.41) is 2.49. The Morgan fingerprint density at radius 2 is 1.89 bits per heavy atom. The molecule has 0 fully saturated rings. The Hall–Kier alpha value is -3.66. The number of benzene rings is 2. The van der Waals surface area contributed by atoms with Crippen LogP contribution in [0.15, 0.2) is 54.7 Å². The van der Waals surface area contributed by atoms with Crippen molar-refractivity contribution in [3.63, 3.8) is 0 Å². The Balaban J connectivity index is 1.23. The summed E-state index contributed by atoms with van der Waals surface area (Å²) in [6.45, 7) is 6.17. The molecule has 1 N–H and O–H groups in total. The first-order valence-corrected chi connectivity index (χ1v) is 12.2. The van der Waals surface area contributed by atoms with Gasteiger partial charge in [-0.1, -0.05) is 23.7 Å². The first-order chi connectivity index (χ1) is 17.9. The van der Waals surface area contributed by atoms with Gasteiger partial charge in [-0.2, -0.15) is 13.2 Å². The third-order valence-corrected chi connectivity index (χ3v) is 5.84. The summed E-state index contributed by atoms with van der Waals surface area (Å²) in [6, 6.07) is 12.7. The smallest absolute Gasteiger partial charge is 0.417 e. The van der Waals surface area contributed by atoms with Crippen molar-refractivity contribution in [1.29, 1.82) is 0 Å². The van der Waals surface area contributed by atoms with Crippen LogP contribution in [0.2, 0.25) is 5.02 Å². The van der Waals surface area contributed by atoms with Crippen LogP contribution in [0.4, 0.5) is 13.2 Å². The number of alkyl halides is 3. The van der Waals surface area contributed by atoms with Crippen molar-refractivity contribution in [2.75, 3.05) is 13.2 Å². The highest BCUT2D eigenvalue weighted by Crippen LogP contribution is 2.41. The fourth-order valence-corrected chi connectivity index (χ4v) is 4.00. The molecule has 2 heterocycles. The molecule has 0 aliphatic carbocycles. The maximum atomic E-state index is 12.8. The van der Waals surface area contributed by atoms with E-state index in [1.165, 1.54) is 12.1 Å². The maximum absolute atomic E-state index is 12.8. The monoisotopic (exact) mass is 550 g/mol. The van der Waals surface area contributed by atoms with E-state index in [4.69, 9.17) is 30.5 Å². The Kier molecular flexibility index (Phi) is 7.91. The highest BCUT2D eigenvalue weighted by atomic mass is 35.5. The summed E-state index contributed by atoms with van der Waals surface area (Å²) in [6.07, 6.45) is -3.90. The number of nitrogens with one attached hydrogen (secondary N) is 1. The zero-order valence-electron chi connectivity index (χ0n) is 20.9. The Labute approximate surface area is 222 Å². The average Bonchev–Trinajstić information content (AvgIpc) is 3.18. The molecule has 1 aliphatic rings. The van der Waals surface area contributed by atoms with E-state index in [-0.39, 0.29) is 41.3 Å². The number of carbonyl (C=O) groups excluding carboxylic acids is 1. The fourth-order valence-electron chi connectivity index (χ4n) is 3.79. The second-order valence-corrected chi connectivity index (χ2v) is 9.67. The summed E-state index contributed by atoms with van der Waals surface area (Å²) >= 11 is 5.87. The number of halogens is 4. The SMILES string of the molecule is C[C@@H](Oc1ccc(Oc2ncc(C(F)(F)F)cc2Cl)cc1)C(=O)NCCOc1cccc2c1OC(C)(C)C2. The molecule has 1 atom stereocenters. The van der Waals surface area contributed by atoms with Crippen molar-refractivity contribution in [3.8, 4) is 28.9 Å². The average molecular weight is 551 g/mol. The molecule has 2 aromatic carbocycles. The fraction of sp³-hybridized carbons (Fsp3) is 0.333. The van der Waals surface area contributed by atoms with Crippen LogP contribution < -0.4 is 24.3 Å². The number of aromatic nitrogens is 1. The van der Waals surface area contributed by atoms with Gasteiger partial charge in [-0.3, -0.25) is 4.79 Å². The summed E-state index contributed by atoms with van der Waals surface area (Å²) in [5.74, 6) is 1.55. The summed E-state index contributed by atoms with van der Waals surface area (Å²) in [5.41, 5.74) is -0.160. The predicted octanol–water partition coefficient (Wildman–Crippen LogP) is 6.22. The van der Waals surface area contributed by atoms with Crippen molar-refractivity contribution in [2.24, 2.45) is 0 Å². The van der Waals surface area contributed by atoms with E-state index in [1.807, 2.05) is 32.0 Å². The van der Waals surface area contributed by atoms with Gasteiger partial charge >= 0.3 is 6.18 Å². The first-order valence-electron chi connectivity index (χ1n) is 11.8. The first kappa shape index (κ1) is 27.4. The number of rotatable bonds is 9. The maximum Gasteiger partial charge on any atom is 0.417 e. The summed E-state index contributed by atoms with van der Waals surface area (Å²) in [4.78, 5) is 16.1. The number of amides is 1. The lowest BCUT2D eigenvalue weighted by atomic mass is 10.0. The van der Waals surface area contributed by atoms with E-state index in [2.05, 4.69) is 10.3 Å². The molecule has 7 nitrogen and oxygen atoms in total. The second-order valence-electron chi connectivity index (χ2n) is 9.26. The molecule has 0 saturated heterocycles. The largest absolute Gasteiger partial charge is 0.488 e. The number of hydrogen-bond acceptors (Lipinski definition) is 6.